The molecule has 0 fully saturated rings. The molecule has 0 aliphatic carbocycles. The van der Waals surface area contributed by atoms with Gasteiger partial charge < -0.3 is 18.9 Å². The normalized spacial score (nSPS) is 10.8. The third-order valence-electron chi connectivity index (χ3n) is 5.93. The van der Waals surface area contributed by atoms with Crippen LogP contribution in [0.4, 0.5) is 0 Å². The number of rotatable bonds is 11. The second kappa shape index (κ2) is 12.5. The first-order valence-electron chi connectivity index (χ1n) is 12.0. The van der Waals surface area contributed by atoms with E-state index in [0.29, 0.717) is 41.8 Å². The van der Waals surface area contributed by atoms with Crippen LogP contribution in [0.2, 0.25) is 0 Å². The molecule has 0 spiro atoms. The van der Waals surface area contributed by atoms with E-state index < -0.39 is 0 Å². The molecule has 0 radical (unpaired) electrons. The molecule has 0 N–H and O–H groups in total. The van der Waals surface area contributed by atoms with Crippen molar-refractivity contribution in [2.24, 2.45) is 0 Å². The minimum absolute atomic E-state index is 0.180. The van der Waals surface area contributed by atoms with Crippen LogP contribution in [0, 0.1) is 6.92 Å². The van der Waals surface area contributed by atoms with Gasteiger partial charge in [-0.3, -0.25) is 4.79 Å². The lowest BCUT2D eigenvalue weighted by molar-refractivity contribution is 0.104. The van der Waals surface area contributed by atoms with Crippen molar-refractivity contribution in [1.29, 1.82) is 0 Å². The molecule has 4 rings (SSSR count). The first-order chi connectivity index (χ1) is 18.1. The number of ether oxygens (including phenoxy) is 4. The average molecular weight is 495 g/mol. The number of allylic oxidation sites excluding steroid dienone is 1. The lowest BCUT2D eigenvalue weighted by Gasteiger charge is -2.14. The first-order valence-corrected chi connectivity index (χ1v) is 12.0. The maximum absolute atomic E-state index is 13.1. The molecule has 188 valence electrons. The molecule has 0 atom stereocenters. The summed E-state index contributed by atoms with van der Waals surface area (Å²) in [5, 5.41) is 0. The van der Waals surface area contributed by atoms with Crippen molar-refractivity contribution in [2.45, 2.75) is 20.1 Å². The van der Waals surface area contributed by atoms with Gasteiger partial charge in [-0.2, -0.15) is 0 Å². The highest BCUT2D eigenvalue weighted by molar-refractivity contribution is 6.09. The highest BCUT2D eigenvalue weighted by atomic mass is 16.5. The van der Waals surface area contributed by atoms with Crippen LogP contribution in [-0.4, -0.2) is 20.0 Å². The van der Waals surface area contributed by atoms with Crippen LogP contribution in [0.15, 0.2) is 97.1 Å². The van der Waals surface area contributed by atoms with Crippen molar-refractivity contribution in [1.82, 2.24) is 0 Å². The molecule has 0 amide bonds. The predicted molar refractivity (Wildman–Crippen MR) is 146 cm³/mol. The fourth-order valence-electron chi connectivity index (χ4n) is 3.95. The van der Waals surface area contributed by atoms with E-state index in [1.165, 1.54) is 6.08 Å². The van der Waals surface area contributed by atoms with Crippen molar-refractivity contribution in [3.8, 4) is 23.0 Å². The van der Waals surface area contributed by atoms with Gasteiger partial charge in [0.1, 0.15) is 36.2 Å². The maximum Gasteiger partial charge on any atom is 0.189 e. The van der Waals surface area contributed by atoms with E-state index in [1.807, 2.05) is 85.8 Å². The van der Waals surface area contributed by atoms with Crippen LogP contribution in [0.1, 0.15) is 32.6 Å². The highest BCUT2D eigenvalue weighted by Crippen LogP contribution is 2.32. The van der Waals surface area contributed by atoms with Gasteiger partial charge in [0.25, 0.3) is 0 Å². The molecule has 0 aromatic heterocycles. The maximum atomic E-state index is 13.1. The Morgan fingerprint density at radius 3 is 2.00 bits per heavy atom. The summed E-state index contributed by atoms with van der Waals surface area (Å²) in [7, 11) is 3.14. The Bertz CT molecular complexity index is 1360. The van der Waals surface area contributed by atoms with Crippen LogP contribution in [0.25, 0.3) is 6.08 Å². The smallest absolute Gasteiger partial charge is 0.189 e. The zero-order valence-electron chi connectivity index (χ0n) is 21.3. The molecule has 4 aromatic carbocycles. The Balaban J connectivity index is 1.58. The number of benzene rings is 4. The third kappa shape index (κ3) is 6.58. The number of hydrogen-bond acceptors (Lipinski definition) is 5. The minimum atomic E-state index is -0.180. The molecular formula is C32H30O5. The predicted octanol–water partition coefficient (Wildman–Crippen LogP) is 7.07. The molecule has 0 heterocycles. The number of methoxy groups -OCH3 is 2. The molecule has 4 aromatic rings. The Morgan fingerprint density at radius 2 is 1.38 bits per heavy atom. The van der Waals surface area contributed by atoms with E-state index in [4.69, 9.17) is 18.9 Å². The van der Waals surface area contributed by atoms with Gasteiger partial charge in [-0.1, -0.05) is 60.7 Å². The molecule has 37 heavy (non-hydrogen) atoms. The van der Waals surface area contributed by atoms with Crippen molar-refractivity contribution >= 4 is 11.9 Å². The Kier molecular flexibility index (Phi) is 8.61. The van der Waals surface area contributed by atoms with E-state index in [1.54, 1.807) is 32.4 Å². The SMILES string of the molecule is COc1ccc(C(=O)C=Cc2ccc(OCc3ccccc3)cc2OCc2ccccc2)c(OC)c1C. The van der Waals surface area contributed by atoms with Gasteiger partial charge in [-0.05, 0) is 54.5 Å². The molecule has 0 aliphatic heterocycles. The lowest BCUT2D eigenvalue weighted by atomic mass is 10.0. The summed E-state index contributed by atoms with van der Waals surface area (Å²) in [4.78, 5) is 13.1. The second-order valence-corrected chi connectivity index (χ2v) is 8.42. The van der Waals surface area contributed by atoms with Crippen molar-refractivity contribution in [3.05, 3.63) is 125 Å². The van der Waals surface area contributed by atoms with E-state index >= 15 is 0 Å². The molecule has 5 heteroatoms. The minimum Gasteiger partial charge on any atom is -0.496 e. The topological polar surface area (TPSA) is 54.0 Å². The zero-order valence-corrected chi connectivity index (χ0v) is 21.3. The van der Waals surface area contributed by atoms with Crippen LogP contribution in [0.5, 0.6) is 23.0 Å². The van der Waals surface area contributed by atoms with Crippen LogP contribution in [-0.2, 0) is 13.2 Å². The number of carbonyl (C=O) groups excluding carboxylic acids is 1. The molecular weight excluding hydrogens is 464 g/mol. The van der Waals surface area contributed by atoms with Crippen molar-refractivity contribution in [3.63, 3.8) is 0 Å². The number of ketones is 1. The van der Waals surface area contributed by atoms with Gasteiger partial charge >= 0.3 is 0 Å². The third-order valence-corrected chi connectivity index (χ3v) is 5.93. The standard InChI is InChI=1S/C32H30O5/c1-23-30(34-2)19-17-28(32(23)35-3)29(33)18-15-26-14-16-27(36-21-24-10-6-4-7-11-24)20-31(26)37-22-25-12-8-5-9-13-25/h4-20H,21-22H2,1-3H3. The van der Waals surface area contributed by atoms with Crippen molar-refractivity contribution < 1.29 is 23.7 Å². The fourth-order valence-corrected chi connectivity index (χ4v) is 3.95. The summed E-state index contributed by atoms with van der Waals surface area (Å²) in [5.41, 5.74) is 4.12. The molecule has 0 aliphatic rings. The Hall–Kier alpha value is -4.51. The summed E-state index contributed by atoms with van der Waals surface area (Å²) in [6, 6.07) is 29.0. The van der Waals surface area contributed by atoms with Crippen LogP contribution >= 0.6 is 0 Å². The van der Waals surface area contributed by atoms with Gasteiger partial charge in [0, 0.05) is 17.2 Å². The molecule has 0 bridgehead atoms. The van der Waals surface area contributed by atoms with E-state index in [2.05, 4.69) is 0 Å². The van der Waals surface area contributed by atoms with Gasteiger partial charge in [0.15, 0.2) is 5.78 Å². The van der Waals surface area contributed by atoms with E-state index in [-0.39, 0.29) is 5.78 Å². The summed E-state index contributed by atoms with van der Waals surface area (Å²) < 4.78 is 23.0. The summed E-state index contributed by atoms with van der Waals surface area (Å²) in [5.74, 6) is 2.29. The monoisotopic (exact) mass is 494 g/mol. The lowest BCUT2D eigenvalue weighted by Crippen LogP contribution is -2.02. The highest BCUT2D eigenvalue weighted by Gasteiger charge is 2.16. The van der Waals surface area contributed by atoms with Crippen molar-refractivity contribution in [2.75, 3.05) is 14.2 Å². The van der Waals surface area contributed by atoms with Crippen LogP contribution < -0.4 is 18.9 Å². The summed E-state index contributed by atoms with van der Waals surface area (Å²) >= 11 is 0. The molecule has 0 saturated carbocycles. The van der Waals surface area contributed by atoms with Gasteiger partial charge in [-0.15, -0.1) is 0 Å². The molecule has 0 saturated heterocycles. The molecule has 5 nitrogen and oxygen atoms in total. The quantitative estimate of drug-likeness (QED) is 0.165. The van der Waals surface area contributed by atoms with Crippen LogP contribution in [0.3, 0.4) is 0 Å². The number of carbonyl (C=O) groups is 1. The first kappa shape index (κ1) is 25.6. The van der Waals surface area contributed by atoms with Gasteiger partial charge in [0.05, 0.1) is 19.8 Å². The Morgan fingerprint density at radius 1 is 0.730 bits per heavy atom. The Labute approximate surface area is 217 Å². The van der Waals surface area contributed by atoms with Gasteiger partial charge in [-0.25, -0.2) is 0 Å². The van der Waals surface area contributed by atoms with E-state index in [0.717, 1.165) is 22.3 Å². The fraction of sp³-hybridized carbons (Fsp3) is 0.156. The largest absolute Gasteiger partial charge is 0.496 e. The number of hydrogen-bond donors (Lipinski definition) is 0. The average Bonchev–Trinajstić information content (AvgIpc) is 2.95. The second-order valence-electron chi connectivity index (χ2n) is 8.42. The van der Waals surface area contributed by atoms with E-state index in [9.17, 15) is 4.79 Å². The summed E-state index contributed by atoms with van der Waals surface area (Å²) in [6.45, 7) is 2.70. The van der Waals surface area contributed by atoms with Gasteiger partial charge in [0.2, 0.25) is 0 Å². The molecule has 0 unspecified atom stereocenters. The zero-order chi connectivity index (χ0) is 26.0. The summed E-state index contributed by atoms with van der Waals surface area (Å²) in [6.07, 6.45) is 3.28.